The van der Waals surface area contributed by atoms with Crippen LogP contribution in [-0.4, -0.2) is 49.5 Å². The summed E-state index contributed by atoms with van der Waals surface area (Å²) in [5.74, 6) is 4.78. The summed E-state index contributed by atoms with van der Waals surface area (Å²) < 4.78 is 1.62. The molecular weight excluding hydrogens is 440 g/mol. The largest absolute Gasteiger partial charge is 0 e. The van der Waals surface area contributed by atoms with Crippen LogP contribution in [0.25, 0.3) is 0 Å². The first-order valence-electron chi connectivity index (χ1n) is 9.09. The van der Waals surface area contributed by atoms with Crippen LogP contribution in [0.5, 0.6) is 0 Å². The third-order valence-electron chi connectivity index (χ3n) is 2.89. The summed E-state index contributed by atoms with van der Waals surface area (Å²) in [7, 11) is 0. The van der Waals surface area contributed by atoms with Gasteiger partial charge in [-0.2, -0.15) is 0 Å². The molecule has 0 spiro atoms. The number of aliphatic hydroxyl groups is 3. The molecule has 3 N–H and O–H groups in total. The van der Waals surface area contributed by atoms with Gasteiger partial charge in [0.25, 0.3) is 0 Å². The second kappa shape index (κ2) is 31.4. The minimum Gasteiger partial charge on any atom is 0 e. The standard InChI is InChI=1S/C7H11Ge.3C4H10O.Zr/c1-8(2)7-5-3-4-6-7;3*1-2-3-4-5;/h3-6,8H,1-2H3;3*5H,2-4H2,1H3;/q-1;;;;. The van der Waals surface area contributed by atoms with Crippen molar-refractivity contribution < 1.29 is 41.5 Å². The second-order valence-electron chi connectivity index (χ2n) is 5.60. The van der Waals surface area contributed by atoms with E-state index in [2.05, 4.69) is 56.5 Å². The van der Waals surface area contributed by atoms with E-state index in [0.717, 1.165) is 38.5 Å². The fourth-order valence-corrected chi connectivity index (χ4v) is 3.33. The Morgan fingerprint density at radius 3 is 1.08 bits per heavy atom. The Bertz CT molecular complexity index is 247. The van der Waals surface area contributed by atoms with Crippen LogP contribution in [0.4, 0.5) is 0 Å². The monoisotopic (exact) mass is 481 g/mol. The topological polar surface area (TPSA) is 60.7 Å². The first-order chi connectivity index (χ1) is 11.0. The van der Waals surface area contributed by atoms with Crippen molar-refractivity contribution in [2.75, 3.05) is 19.8 Å². The molecule has 0 fully saturated rings. The summed E-state index contributed by atoms with van der Waals surface area (Å²) in [5.41, 5.74) is 0. The summed E-state index contributed by atoms with van der Waals surface area (Å²) in [6, 6.07) is 8.73. The van der Waals surface area contributed by atoms with E-state index < -0.39 is 14.3 Å². The van der Waals surface area contributed by atoms with E-state index in [4.69, 9.17) is 15.3 Å². The van der Waals surface area contributed by atoms with Gasteiger partial charge >= 0.3 is 54.5 Å². The van der Waals surface area contributed by atoms with Gasteiger partial charge in [0.05, 0.1) is 0 Å². The molecule has 0 atom stereocenters. The first-order valence-corrected chi connectivity index (χ1v) is 15.1. The van der Waals surface area contributed by atoms with Crippen molar-refractivity contribution in [1.29, 1.82) is 0 Å². The van der Waals surface area contributed by atoms with Gasteiger partial charge in [0.1, 0.15) is 0 Å². The smallest absolute Gasteiger partial charge is 0 e. The van der Waals surface area contributed by atoms with Gasteiger partial charge in [-0.25, -0.2) is 0 Å². The molecule has 5 heteroatoms. The van der Waals surface area contributed by atoms with Crippen molar-refractivity contribution in [3.63, 3.8) is 0 Å². The van der Waals surface area contributed by atoms with E-state index in [1.54, 1.807) is 4.40 Å². The van der Waals surface area contributed by atoms with Crippen LogP contribution in [0.1, 0.15) is 59.3 Å². The molecule has 1 aromatic carbocycles. The Morgan fingerprint density at radius 2 is 1.00 bits per heavy atom. The van der Waals surface area contributed by atoms with Gasteiger partial charge in [0, 0.05) is 46.0 Å². The van der Waals surface area contributed by atoms with Crippen LogP contribution in [0.15, 0.2) is 24.3 Å². The molecule has 24 heavy (non-hydrogen) atoms. The molecule has 0 aliphatic rings. The maximum absolute atomic E-state index is 8.07. The number of rotatable bonds is 7. The predicted molar refractivity (Wildman–Crippen MR) is 107 cm³/mol. The van der Waals surface area contributed by atoms with Crippen LogP contribution >= 0.6 is 0 Å². The summed E-state index contributed by atoms with van der Waals surface area (Å²) in [6.45, 7) is 7.19. The third-order valence-corrected chi connectivity index (χ3v) is 6.50. The number of aliphatic hydroxyl groups excluding tert-OH is 3. The Balaban J connectivity index is -0.000000113. The minimum atomic E-state index is -0.888. The van der Waals surface area contributed by atoms with Crippen molar-refractivity contribution in [3.05, 3.63) is 24.3 Å². The quantitative estimate of drug-likeness (QED) is 0.413. The number of hydrogen-bond donors (Lipinski definition) is 3. The third kappa shape index (κ3) is 34.1. The van der Waals surface area contributed by atoms with Crippen molar-refractivity contribution in [2.24, 2.45) is 0 Å². The Hall–Kier alpha value is 0.656. The molecule has 0 unspecified atom stereocenters. The molecule has 0 bridgehead atoms. The van der Waals surface area contributed by atoms with Gasteiger partial charge < -0.3 is 15.3 Å². The average molecular weight is 481 g/mol. The van der Waals surface area contributed by atoms with Crippen LogP contribution in [0, 0.1) is 0 Å². The van der Waals surface area contributed by atoms with Gasteiger partial charge in [0.2, 0.25) is 0 Å². The molecule has 144 valence electrons. The molecule has 0 heterocycles. The molecule has 1 aromatic rings. The Labute approximate surface area is 174 Å². The molecule has 0 aromatic heterocycles. The zero-order valence-corrected chi connectivity index (χ0v) is 21.5. The minimum absolute atomic E-state index is 0. The van der Waals surface area contributed by atoms with Crippen LogP contribution in [0.2, 0.25) is 11.5 Å². The fraction of sp³-hybridized carbons (Fsp3) is 0.737. The maximum Gasteiger partial charge on any atom is 0 e. The molecule has 0 saturated carbocycles. The number of unbranched alkanes of at least 4 members (excludes halogenated alkanes) is 3. The van der Waals surface area contributed by atoms with E-state index in [-0.39, 0.29) is 26.2 Å². The van der Waals surface area contributed by atoms with E-state index in [1.165, 1.54) is 0 Å². The van der Waals surface area contributed by atoms with Gasteiger partial charge in [0.15, 0.2) is 0 Å². The van der Waals surface area contributed by atoms with Gasteiger partial charge in [-0.3, -0.25) is 0 Å². The van der Waals surface area contributed by atoms with E-state index in [0.29, 0.717) is 19.8 Å². The first kappa shape index (κ1) is 32.3. The van der Waals surface area contributed by atoms with Crippen LogP contribution < -0.4 is 4.40 Å². The van der Waals surface area contributed by atoms with Gasteiger partial charge in [-0.15, -0.1) is 0 Å². The molecule has 0 amide bonds. The summed E-state index contributed by atoms with van der Waals surface area (Å²) in [6.07, 6.45) is 6.11. The fourth-order valence-electron chi connectivity index (χ4n) is 1.25. The normalized spacial score (nSPS) is 8.71. The van der Waals surface area contributed by atoms with E-state index >= 15 is 0 Å². The second-order valence-corrected chi connectivity index (χ2v) is 11.8. The van der Waals surface area contributed by atoms with E-state index in [9.17, 15) is 0 Å². The summed E-state index contributed by atoms with van der Waals surface area (Å²) >= 11 is -0.888. The van der Waals surface area contributed by atoms with Crippen molar-refractivity contribution >= 4 is 18.7 Å². The maximum atomic E-state index is 8.07. The van der Waals surface area contributed by atoms with Crippen molar-refractivity contribution in [2.45, 2.75) is 70.8 Å². The summed E-state index contributed by atoms with van der Waals surface area (Å²) in [4.78, 5) is 0. The average Bonchev–Trinajstić information content (AvgIpc) is 3.06. The van der Waals surface area contributed by atoms with Crippen LogP contribution in [0.3, 0.4) is 0 Å². The van der Waals surface area contributed by atoms with E-state index in [1.807, 2.05) is 0 Å². The Morgan fingerprint density at radius 1 is 0.708 bits per heavy atom. The SMILES string of the molecule is CCCCO.CCCCO.CCCCO.[CH3][GeH]([CH3])[c-]1cccc1.[Zr]. The molecule has 1 rings (SSSR count). The van der Waals surface area contributed by atoms with Gasteiger partial charge in [-0.1, -0.05) is 40.0 Å². The molecule has 3 nitrogen and oxygen atoms in total. The molecule has 0 saturated heterocycles. The van der Waals surface area contributed by atoms with Crippen molar-refractivity contribution in [1.82, 2.24) is 0 Å². The number of hydrogen-bond acceptors (Lipinski definition) is 3. The molecule has 0 radical (unpaired) electrons. The predicted octanol–water partition coefficient (Wildman–Crippen LogP) is 3.43. The van der Waals surface area contributed by atoms with Crippen LogP contribution in [-0.2, 0) is 26.2 Å². The van der Waals surface area contributed by atoms with Gasteiger partial charge in [-0.05, 0) is 19.3 Å². The molecule has 0 aliphatic heterocycles. The zero-order chi connectivity index (χ0) is 18.3. The molecule has 0 aliphatic carbocycles. The summed E-state index contributed by atoms with van der Waals surface area (Å²) in [5, 5.41) is 24.2. The Kier molecular flexibility index (Phi) is 42.3. The van der Waals surface area contributed by atoms with Crippen molar-refractivity contribution in [3.8, 4) is 0 Å². The molecular formula is C19H41GeO3Zr-. The zero-order valence-electron chi connectivity index (χ0n) is 16.6.